The molecular weight excluding hydrogens is 384 g/mol. The summed E-state index contributed by atoms with van der Waals surface area (Å²) in [5.41, 5.74) is 5.84. The summed E-state index contributed by atoms with van der Waals surface area (Å²) in [7, 11) is 0. The molecule has 2 fully saturated rings. The van der Waals surface area contributed by atoms with Crippen LogP contribution in [0.15, 0.2) is 59.6 Å². The predicted octanol–water partition coefficient (Wildman–Crippen LogP) is 3.17. The molecule has 2 aromatic rings. The Balaban J connectivity index is 1.50. The van der Waals surface area contributed by atoms with Crippen molar-refractivity contribution in [2.45, 2.75) is 17.6 Å². The topological polar surface area (TPSA) is 104 Å². The molecule has 0 aromatic heterocycles. The lowest BCUT2D eigenvalue weighted by Gasteiger charge is -2.26. The minimum absolute atomic E-state index is 0.191. The largest absolute Gasteiger partial charge is 0.489 e. The highest BCUT2D eigenvalue weighted by Gasteiger charge is 2.93. The standard InChI is InChI=1S/C22H18N4O2S/c23-13-20-18(21(20,14-24)22(26-19(20)25)28-9-10-29-22)16-7-4-8-17(11-16)27-12-15-5-2-1-3-6-15/h1-8,11,18H,9-10,12H2,(H2,25,26)/t18-,20+,21+,22+/m0/s1. The summed E-state index contributed by atoms with van der Waals surface area (Å²) in [6.07, 6.45) is 0. The number of hydrogen-bond donors (Lipinski definition) is 1. The molecule has 144 valence electrons. The van der Waals surface area contributed by atoms with Crippen molar-refractivity contribution in [1.82, 2.24) is 0 Å². The molecule has 3 aliphatic rings. The van der Waals surface area contributed by atoms with Crippen molar-refractivity contribution >= 4 is 17.6 Å². The molecule has 0 radical (unpaired) electrons. The minimum Gasteiger partial charge on any atom is -0.489 e. The van der Waals surface area contributed by atoms with Crippen LogP contribution >= 0.6 is 11.8 Å². The number of ether oxygens (including phenoxy) is 2. The molecular formula is C22H18N4O2S. The van der Waals surface area contributed by atoms with Gasteiger partial charge >= 0.3 is 0 Å². The fraction of sp³-hybridized carbons (Fsp3) is 0.318. The Bertz CT molecular complexity index is 1080. The number of amidine groups is 1. The first kappa shape index (κ1) is 18.1. The number of hydrogen-bond acceptors (Lipinski definition) is 7. The average molecular weight is 402 g/mol. The number of nitriles is 2. The Kier molecular flexibility index (Phi) is 3.89. The summed E-state index contributed by atoms with van der Waals surface area (Å²) in [6, 6.07) is 22.2. The van der Waals surface area contributed by atoms with E-state index in [2.05, 4.69) is 17.1 Å². The van der Waals surface area contributed by atoms with Crippen LogP contribution in [0, 0.1) is 33.5 Å². The summed E-state index contributed by atoms with van der Waals surface area (Å²) in [5, 5.41) is 19.2. The van der Waals surface area contributed by atoms with E-state index in [1.54, 1.807) is 0 Å². The van der Waals surface area contributed by atoms with E-state index in [1.165, 1.54) is 11.8 Å². The van der Waals surface area contributed by atoms with E-state index < -0.39 is 21.8 Å². The van der Waals surface area contributed by atoms with Gasteiger partial charge in [-0.15, -0.1) is 0 Å². The van der Waals surface area contributed by atoms with E-state index in [0.29, 0.717) is 24.7 Å². The molecule has 1 saturated heterocycles. The van der Waals surface area contributed by atoms with Gasteiger partial charge in [0, 0.05) is 11.7 Å². The predicted molar refractivity (Wildman–Crippen MR) is 109 cm³/mol. The summed E-state index contributed by atoms with van der Waals surface area (Å²) < 4.78 is 11.9. The van der Waals surface area contributed by atoms with Crippen LogP contribution in [0.2, 0.25) is 0 Å². The Hall–Kier alpha value is -3.00. The Morgan fingerprint density at radius 2 is 2.00 bits per heavy atom. The SMILES string of the molecule is N#C[C@@]12[C@@H](c3cccc(OCc4ccccc4)c3)[C@]1(C#N)C(N)=N[C@@]21OCCS1. The summed E-state index contributed by atoms with van der Waals surface area (Å²) in [5.74, 6) is 1.18. The molecule has 1 aliphatic carbocycles. The van der Waals surface area contributed by atoms with Gasteiger partial charge in [0.1, 0.15) is 23.6 Å². The first-order valence-electron chi connectivity index (χ1n) is 9.36. The number of nitrogens with two attached hydrogens (primary N) is 1. The van der Waals surface area contributed by atoms with Gasteiger partial charge in [-0.2, -0.15) is 10.5 Å². The van der Waals surface area contributed by atoms with Crippen LogP contribution in [-0.2, 0) is 11.3 Å². The van der Waals surface area contributed by atoms with Gasteiger partial charge in [0.2, 0.25) is 5.06 Å². The fourth-order valence-corrected chi connectivity index (χ4v) is 6.07. The zero-order valence-corrected chi connectivity index (χ0v) is 16.4. The molecule has 2 heterocycles. The molecule has 2 N–H and O–H groups in total. The van der Waals surface area contributed by atoms with Crippen LogP contribution in [0.4, 0.5) is 0 Å². The van der Waals surface area contributed by atoms with Crippen LogP contribution in [0.1, 0.15) is 17.0 Å². The van der Waals surface area contributed by atoms with Gasteiger partial charge < -0.3 is 15.2 Å². The second-order valence-corrected chi connectivity index (χ2v) is 8.65. The molecule has 2 aromatic carbocycles. The van der Waals surface area contributed by atoms with Gasteiger partial charge in [-0.25, -0.2) is 4.99 Å². The molecule has 5 rings (SSSR count). The molecule has 29 heavy (non-hydrogen) atoms. The van der Waals surface area contributed by atoms with Crippen molar-refractivity contribution in [3.05, 3.63) is 65.7 Å². The zero-order valence-electron chi connectivity index (χ0n) is 15.5. The van der Waals surface area contributed by atoms with Gasteiger partial charge in [-0.1, -0.05) is 54.2 Å². The molecule has 7 heteroatoms. The van der Waals surface area contributed by atoms with Crippen molar-refractivity contribution in [2.75, 3.05) is 12.4 Å². The lowest BCUT2D eigenvalue weighted by atomic mass is 9.95. The molecule has 4 atom stereocenters. The smallest absolute Gasteiger partial charge is 0.230 e. The number of thioether (sulfide) groups is 1. The first-order valence-corrected chi connectivity index (χ1v) is 10.3. The third-order valence-electron chi connectivity index (χ3n) is 6.05. The molecule has 6 nitrogen and oxygen atoms in total. The van der Waals surface area contributed by atoms with Gasteiger partial charge in [0.05, 0.1) is 18.7 Å². The lowest BCUT2D eigenvalue weighted by Crippen LogP contribution is -2.34. The van der Waals surface area contributed by atoms with Crippen molar-refractivity contribution < 1.29 is 9.47 Å². The second kappa shape index (κ2) is 6.25. The Morgan fingerprint density at radius 3 is 2.69 bits per heavy atom. The van der Waals surface area contributed by atoms with Crippen LogP contribution in [0.5, 0.6) is 5.75 Å². The third kappa shape index (κ3) is 2.17. The van der Waals surface area contributed by atoms with E-state index in [4.69, 9.17) is 15.2 Å². The van der Waals surface area contributed by atoms with E-state index >= 15 is 0 Å². The number of rotatable bonds is 4. The maximum Gasteiger partial charge on any atom is 0.230 e. The maximum atomic E-state index is 10.2. The van der Waals surface area contributed by atoms with Crippen LogP contribution in [0.25, 0.3) is 0 Å². The van der Waals surface area contributed by atoms with Crippen LogP contribution in [-0.4, -0.2) is 23.3 Å². The monoisotopic (exact) mass is 402 g/mol. The molecule has 1 saturated carbocycles. The lowest BCUT2D eigenvalue weighted by molar-refractivity contribution is 0.0200. The van der Waals surface area contributed by atoms with E-state index in [9.17, 15) is 10.5 Å². The summed E-state index contributed by atoms with van der Waals surface area (Å²) >= 11 is 1.46. The van der Waals surface area contributed by atoms with E-state index in [1.807, 2.05) is 54.6 Å². The van der Waals surface area contributed by atoms with Crippen molar-refractivity contribution in [2.24, 2.45) is 21.6 Å². The third-order valence-corrected chi connectivity index (χ3v) is 7.34. The quantitative estimate of drug-likeness (QED) is 0.842. The number of benzene rings is 2. The molecule has 0 amide bonds. The fourth-order valence-electron chi connectivity index (χ4n) is 4.74. The van der Waals surface area contributed by atoms with Gasteiger partial charge in [-0.3, -0.25) is 0 Å². The molecule has 1 spiro atoms. The van der Waals surface area contributed by atoms with Gasteiger partial charge in [-0.05, 0) is 23.3 Å². The number of nitrogens with zero attached hydrogens (tertiary/aromatic N) is 3. The summed E-state index contributed by atoms with van der Waals surface area (Å²) in [4.78, 5) is 4.47. The van der Waals surface area contributed by atoms with E-state index in [0.717, 1.165) is 11.1 Å². The highest BCUT2D eigenvalue weighted by atomic mass is 32.2. The first-order chi connectivity index (χ1) is 14.1. The summed E-state index contributed by atoms with van der Waals surface area (Å²) in [6.45, 7) is 0.924. The average Bonchev–Trinajstić information content (AvgIpc) is 3.02. The Morgan fingerprint density at radius 1 is 1.17 bits per heavy atom. The zero-order chi connectivity index (χ0) is 20.1. The number of aliphatic imine (C=N–C) groups is 1. The highest BCUT2D eigenvalue weighted by molar-refractivity contribution is 8.00. The highest BCUT2D eigenvalue weighted by Crippen LogP contribution is 2.84. The van der Waals surface area contributed by atoms with E-state index in [-0.39, 0.29) is 5.84 Å². The van der Waals surface area contributed by atoms with Crippen molar-refractivity contribution in [1.29, 1.82) is 10.5 Å². The minimum atomic E-state index is -1.17. The normalized spacial score (nSPS) is 34.1. The number of fused-ring (bicyclic) bond motifs is 2. The van der Waals surface area contributed by atoms with Crippen LogP contribution < -0.4 is 10.5 Å². The van der Waals surface area contributed by atoms with Crippen LogP contribution in [0.3, 0.4) is 0 Å². The maximum absolute atomic E-state index is 10.2. The molecule has 2 aliphatic heterocycles. The Labute approximate surface area is 172 Å². The van der Waals surface area contributed by atoms with Gasteiger partial charge in [0.25, 0.3) is 0 Å². The molecule has 0 bridgehead atoms. The van der Waals surface area contributed by atoms with Crippen molar-refractivity contribution in [3.63, 3.8) is 0 Å². The van der Waals surface area contributed by atoms with Crippen molar-refractivity contribution in [3.8, 4) is 17.9 Å². The van der Waals surface area contributed by atoms with Gasteiger partial charge in [0.15, 0.2) is 5.41 Å². The molecule has 0 unspecified atom stereocenters. The second-order valence-electron chi connectivity index (χ2n) is 7.40.